The number of nitrogens with zero attached hydrogens (tertiary/aromatic N) is 3. The summed E-state index contributed by atoms with van der Waals surface area (Å²) in [4.78, 5) is 16.4. The van der Waals surface area contributed by atoms with Gasteiger partial charge in [-0.05, 0) is 15.9 Å². The number of carbonyl (C=O) groups is 1. The zero-order valence-corrected chi connectivity index (χ0v) is 10.4. The molecule has 0 aliphatic carbocycles. The predicted octanol–water partition coefficient (Wildman–Crippen LogP) is -1.73. The van der Waals surface area contributed by atoms with Crippen molar-refractivity contribution in [3.8, 4) is 0 Å². The third kappa shape index (κ3) is 2.98. The number of hydrogen-bond donors (Lipinski definition) is 2. The number of rotatable bonds is 5. The largest absolute Gasteiger partial charge is 0.368 e. The Labute approximate surface area is 99.1 Å². The fraction of sp³-hybridized carbons (Fsp3) is 0.400. The molecule has 0 fully saturated rings. The molecule has 0 saturated heterocycles. The number of aryl methyl sites for hydroxylation is 1. The number of primary amides is 1. The van der Waals surface area contributed by atoms with Crippen molar-refractivity contribution in [2.45, 2.75) is 5.03 Å². The molecule has 1 amide bonds. The minimum Gasteiger partial charge on any atom is -0.368 e. The molecule has 0 radical (unpaired) electrons. The molecule has 11 heteroatoms. The first-order valence-electron chi connectivity index (χ1n) is 3.81. The van der Waals surface area contributed by atoms with Gasteiger partial charge in [-0.3, -0.25) is 9.63 Å². The van der Waals surface area contributed by atoms with Gasteiger partial charge in [-0.1, -0.05) is 10.1 Å². The van der Waals surface area contributed by atoms with E-state index in [1.807, 2.05) is 0 Å². The van der Waals surface area contributed by atoms with E-state index in [0.29, 0.717) is 0 Å². The van der Waals surface area contributed by atoms with Crippen LogP contribution in [0.2, 0.25) is 0 Å². The van der Waals surface area contributed by atoms with Crippen molar-refractivity contribution in [2.24, 2.45) is 12.8 Å². The lowest BCUT2D eigenvalue weighted by Gasteiger charge is -2.05. The van der Waals surface area contributed by atoms with Crippen LogP contribution >= 0.6 is 15.9 Å². The Balaban J connectivity index is 2.83. The van der Waals surface area contributed by atoms with Crippen LogP contribution in [-0.4, -0.2) is 35.9 Å². The highest BCUT2D eigenvalue weighted by molar-refractivity contribution is 9.10. The third-order valence-corrected chi connectivity index (χ3v) is 3.48. The van der Waals surface area contributed by atoms with Crippen LogP contribution in [0.25, 0.3) is 0 Å². The summed E-state index contributed by atoms with van der Waals surface area (Å²) < 4.78 is 24.3. The molecule has 1 rings (SSSR count). The average molecular weight is 314 g/mol. The fourth-order valence-corrected chi connectivity index (χ4v) is 2.73. The van der Waals surface area contributed by atoms with Gasteiger partial charge in [0, 0.05) is 7.05 Å². The molecule has 3 N–H and O–H groups in total. The summed E-state index contributed by atoms with van der Waals surface area (Å²) in [5.74, 6) is -0.801. The Morgan fingerprint density at radius 3 is 2.75 bits per heavy atom. The molecule has 0 aliphatic rings. The lowest BCUT2D eigenvalue weighted by Crippen LogP contribution is -2.30. The van der Waals surface area contributed by atoms with Crippen LogP contribution in [-0.2, 0) is 26.7 Å². The first kappa shape index (κ1) is 13.0. The van der Waals surface area contributed by atoms with Gasteiger partial charge in [0.1, 0.15) is 6.61 Å². The molecule has 0 unspecified atom stereocenters. The molecule has 1 aromatic rings. The number of carbonyl (C=O) groups excluding carboxylic acids is 1. The van der Waals surface area contributed by atoms with Crippen molar-refractivity contribution in [3.05, 3.63) is 4.60 Å². The highest BCUT2D eigenvalue weighted by Crippen LogP contribution is 2.17. The smallest absolute Gasteiger partial charge is 0.282 e. The summed E-state index contributed by atoms with van der Waals surface area (Å²) in [5.41, 5.74) is 4.76. The molecule has 0 saturated carbocycles. The van der Waals surface area contributed by atoms with Crippen LogP contribution in [0.1, 0.15) is 0 Å². The Morgan fingerprint density at radius 2 is 2.31 bits per heavy atom. The Kier molecular flexibility index (Phi) is 3.96. The summed E-state index contributed by atoms with van der Waals surface area (Å²) >= 11 is 2.91. The highest BCUT2D eigenvalue weighted by atomic mass is 79.9. The molecular weight excluding hydrogens is 306 g/mol. The average Bonchev–Trinajstić information content (AvgIpc) is 2.45. The summed E-state index contributed by atoms with van der Waals surface area (Å²) in [5, 5.41) is 6.74. The highest BCUT2D eigenvalue weighted by Gasteiger charge is 2.24. The first-order valence-corrected chi connectivity index (χ1v) is 6.09. The molecule has 1 heterocycles. The van der Waals surface area contributed by atoms with Crippen LogP contribution in [0.5, 0.6) is 0 Å². The summed E-state index contributed by atoms with van der Waals surface area (Å²) in [6.45, 7) is -0.567. The van der Waals surface area contributed by atoms with Gasteiger partial charge >= 0.3 is 0 Å². The van der Waals surface area contributed by atoms with Crippen molar-refractivity contribution in [2.75, 3.05) is 6.61 Å². The monoisotopic (exact) mass is 313 g/mol. The van der Waals surface area contributed by atoms with Crippen molar-refractivity contribution in [1.29, 1.82) is 0 Å². The molecule has 9 nitrogen and oxygen atoms in total. The van der Waals surface area contributed by atoms with Crippen LogP contribution in [0, 0.1) is 0 Å². The van der Waals surface area contributed by atoms with E-state index in [2.05, 4.69) is 31.1 Å². The fourth-order valence-electron chi connectivity index (χ4n) is 0.826. The molecule has 1 aromatic heterocycles. The summed E-state index contributed by atoms with van der Waals surface area (Å²) in [6.07, 6.45) is 0. The lowest BCUT2D eigenvalue weighted by molar-refractivity contribution is -0.123. The lowest BCUT2D eigenvalue weighted by atomic mass is 10.7. The minimum atomic E-state index is -3.96. The van der Waals surface area contributed by atoms with Crippen LogP contribution in [0.15, 0.2) is 9.63 Å². The topological polar surface area (TPSA) is 129 Å². The first-order chi connectivity index (χ1) is 7.34. The van der Waals surface area contributed by atoms with Gasteiger partial charge < -0.3 is 5.73 Å². The quantitative estimate of drug-likeness (QED) is 0.622. The Bertz CT molecular complexity index is 477. The van der Waals surface area contributed by atoms with Gasteiger partial charge in [-0.25, -0.2) is 13.1 Å². The molecule has 0 aromatic carbocycles. The molecule has 90 valence electrons. The SMILES string of the molecule is Cn1nnc(Br)c1S(=O)(=O)NOCC(N)=O. The van der Waals surface area contributed by atoms with E-state index < -0.39 is 22.5 Å². The van der Waals surface area contributed by atoms with Gasteiger partial charge in [0.25, 0.3) is 10.0 Å². The standard InChI is InChI=1S/C5H8BrN5O4S/c1-11-5(4(6)8-9-11)16(13,14)10-15-2-3(7)12/h10H,2H2,1H3,(H2,7,12). The maximum absolute atomic E-state index is 11.6. The van der Waals surface area contributed by atoms with Gasteiger partial charge in [-0.15, -0.1) is 5.10 Å². The summed E-state index contributed by atoms with van der Waals surface area (Å²) in [7, 11) is -2.57. The van der Waals surface area contributed by atoms with Crippen molar-refractivity contribution in [3.63, 3.8) is 0 Å². The minimum absolute atomic E-state index is 0.0326. The number of aromatic nitrogens is 3. The van der Waals surface area contributed by atoms with Crippen molar-refractivity contribution >= 4 is 31.9 Å². The molecule has 0 spiro atoms. The van der Waals surface area contributed by atoms with Crippen LogP contribution in [0.4, 0.5) is 0 Å². The van der Waals surface area contributed by atoms with Gasteiger partial charge in [0.15, 0.2) is 4.60 Å². The molecule has 16 heavy (non-hydrogen) atoms. The number of nitrogens with one attached hydrogen (secondary N) is 1. The Hall–Kier alpha value is -1.04. The number of sulfonamides is 1. The van der Waals surface area contributed by atoms with Crippen molar-refractivity contribution < 1.29 is 18.0 Å². The van der Waals surface area contributed by atoms with Gasteiger partial charge in [-0.2, -0.15) is 0 Å². The van der Waals surface area contributed by atoms with Gasteiger partial charge in [0.05, 0.1) is 0 Å². The number of hydrogen-bond acceptors (Lipinski definition) is 6. The van der Waals surface area contributed by atoms with E-state index in [-0.39, 0.29) is 9.63 Å². The maximum Gasteiger partial charge on any atom is 0.282 e. The van der Waals surface area contributed by atoms with E-state index in [9.17, 15) is 13.2 Å². The molecule has 0 atom stereocenters. The molecular formula is C5H8BrN5O4S. The molecule has 0 aliphatic heterocycles. The second kappa shape index (κ2) is 4.86. The predicted molar refractivity (Wildman–Crippen MR) is 54.2 cm³/mol. The van der Waals surface area contributed by atoms with E-state index in [1.165, 1.54) is 7.05 Å². The third-order valence-electron chi connectivity index (χ3n) is 1.37. The molecule has 0 bridgehead atoms. The van der Waals surface area contributed by atoms with E-state index in [1.54, 1.807) is 4.89 Å². The van der Waals surface area contributed by atoms with E-state index in [0.717, 1.165) is 4.68 Å². The van der Waals surface area contributed by atoms with Gasteiger partial charge in [0.2, 0.25) is 10.9 Å². The zero-order chi connectivity index (χ0) is 12.3. The Morgan fingerprint density at radius 1 is 1.69 bits per heavy atom. The van der Waals surface area contributed by atoms with Crippen molar-refractivity contribution in [1.82, 2.24) is 19.9 Å². The second-order valence-electron chi connectivity index (χ2n) is 2.65. The van der Waals surface area contributed by atoms with Crippen LogP contribution < -0.4 is 10.6 Å². The van der Waals surface area contributed by atoms with E-state index in [4.69, 9.17) is 5.73 Å². The number of amides is 1. The number of nitrogens with two attached hydrogens (primary N) is 1. The zero-order valence-electron chi connectivity index (χ0n) is 8.05. The maximum atomic E-state index is 11.6. The van der Waals surface area contributed by atoms with Crippen LogP contribution in [0.3, 0.4) is 0 Å². The number of halogens is 1. The second-order valence-corrected chi connectivity index (χ2v) is 4.96. The van der Waals surface area contributed by atoms with E-state index >= 15 is 0 Å². The summed E-state index contributed by atoms with van der Waals surface area (Å²) in [6, 6.07) is 0. The normalized spacial score (nSPS) is 11.6.